The highest BCUT2D eigenvalue weighted by Crippen LogP contribution is 2.35. The molecule has 2 atom stereocenters. The summed E-state index contributed by atoms with van der Waals surface area (Å²) in [5.74, 6) is -0.135. The van der Waals surface area contributed by atoms with E-state index < -0.39 is 5.91 Å². The van der Waals surface area contributed by atoms with Crippen LogP contribution in [0.25, 0.3) is 10.2 Å². The summed E-state index contributed by atoms with van der Waals surface area (Å²) >= 11 is 1.34. The minimum Gasteiger partial charge on any atom is -0.496 e. The number of para-hydroxylation sites is 1. The molecule has 1 amide bonds. The Morgan fingerprint density at radius 3 is 3.04 bits per heavy atom. The number of aromatic nitrogens is 1. The van der Waals surface area contributed by atoms with E-state index in [0.29, 0.717) is 16.4 Å². The van der Waals surface area contributed by atoms with Crippen molar-refractivity contribution in [3.63, 3.8) is 0 Å². The van der Waals surface area contributed by atoms with Crippen LogP contribution >= 0.6 is 11.3 Å². The number of rotatable bonds is 3. The van der Waals surface area contributed by atoms with Crippen molar-refractivity contribution in [2.24, 2.45) is 5.92 Å². The van der Waals surface area contributed by atoms with Crippen LogP contribution in [-0.4, -0.2) is 29.9 Å². The predicted octanol–water partition coefficient (Wildman–Crippen LogP) is 3.29. The summed E-state index contributed by atoms with van der Waals surface area (Å²) in [5, 5.41) is 3.16. The van der Waals surface area contributed by atoms with Crippen LogP contribution in [-0.2, 0) is 14.3 Å². The van der Waals surface area contributed by atoms with Gasteiger partial charge < -0.3 is 9.47 Å². The standard InChI is InChI=1S/C18H18N2O4S/c1-23-13-7-4-8-14-15(13)19-18(25-14)20-17(22)11-9-24-12-6-3-2-5-10(12)16(11)21/h4,7-10,12H,2-3,5-6H2,1H3,(H,19,20,22). The van der Waals surface area contributed by atoms with Gasteiger partial charge in [0.05, 0.1) is 24.0 Å². The molecule has 1 fully saturated rings. The number of methoxy groups -OCH3 is 1. The van der Waals surface area contributed by atoms with Gasteiger partial charge in [0.2, 0.25) is 0 Å². The Bertz CT molecular complexity index is 873. The van der Waals surface area contributed by atoms with Gasteiger partial charge in [-0.2, -0.15) is 0 Å². The highest BCUT2D eigenvalue weighted by Gasteiger charge is 2.39. The molecule has 0 bridgehead atoms. The number of thiazole rings is 1. The maximum Gasteiger partial charge on any atom is 0.264 e. The lowest BCUT2D eigenvalue weighted by atomic mass is 9.80. The zero-order valence-corrected chi connectivity index (χ0v) is 14.6. The number of ketones is 1. The molecule has 1 N–H and O–H groups in total. The van der Waals surface area contributed by atoms with Gasteiger partial charge in [-0.25, -0.2) is 4.98 Å². The third-order valence-electron chi connectivity index (χ3n) is 4.73. The molecule has 1 aliphatic carbocycles. The molecule has 1 saturated carbocycles. The molecule has 2 heterocycles. The van der Waals surface area contributed by atoms with Gasteiger partial charge in [-0.3, -0.25) is 14.9 Å². The number of benzene rings is 1. The van der Waals surface area contributed by atoms with Crippen LogP contribution in [0.5, 0.6) is 5.75 Å². The molecule has 7 heteroatoms. The van der Waals surface area contributed by atoms with Crippen LogP contribution in [0.4, 0.5) is 5.13 Å². The van der Waals surface area contributed by atoms with E-state index >= 15 is 0 Å². The lowest BCUT2D eigenvalue weighted by Gasteiger charge is -2.33. The summed E-state index contributed by atoms with van der Waals surface area (Å²) in [4.78, 5) is 29.6. The largest absolute Gasteiger partial charge is 0.496 e. The summed E-state index contributed by atoms with van der Waals surface area (Å²) in [5.41, 5.74) is 0.771. The van der Waals surface area contributed by atoms with Gasteiger partial charge in [0.1, 0.15) is 22.9 Å². The summed E-state index contributed by atoms with van der Waals surface area (Å²) < 4.78 is 11.8. The van der Waals surface area contributed by atoms with Crippen molar-refractivity contribution in [1.82, 2.24) is 4.98 Å². The first-order chi connectivity index (χ1) is 12.2. The van der Waals surface area contributed by atoms with Crippen molar-refractivity contribution in [1.29, 1.82) is 0 Å². The topological polar surface area (TPSA) is 77.5 Å². The smallest absolute Gasteiger partial charge is 0.264 e. The van der Waals surface area contributed by atoms with Gasteiger partial charge in [0.15, 0.2) is 10.9 Å². The number of hydrogen-bond donors (Lipinski definition) is 1. The molecule has 6 nitrogen and oxygen atoms in total. The number of fused-ring (bicyclic) bond motifs is 2. The molecule has 0 spiro atoms. The third-order valence-corrected chi connectivity index (χ3v) is 5.67. The molecule has 1 aromatic carbocycles. The molecule has 25 heavy (non-hydrogen) atoms. The second kappa shape index (κ2) is 6.48. The fourth-order valence-electron chi connectivity index (χ4n) is 3.44. The van der Waals surface area contributed by atoms with E-state index in [1.807, 2.05) is 18.2 Å². The molecule has 0 radical (unpaired) electrons. The number of carbonyl (C=O) groups is 2. The van der Waals surface area contributed by atoms with E-state index in [4.69, 9.17) is 9.47 Å². The maximum atomic E-state index is 12.6. The van der Waals surface area contributed by atoms with Crippen LogP contribution < -0.4 is 10.1 Å². The zero-order chi connectivity index (χ0) is 17.4. The van der Waals surface area contributed by atoms with Gasteiger partial charge >= 0.3 is 0 Å². The first-order valence-corrected chi connectivity index (χ1v) is 9.14. The number of Topliss-reactive ketones (excluding diaryl/α,β-unsaturated/α-hetero) is 1. The summed E-state index contributed by atoms with van der Waals surface area (Å²) in [6, 6.07) is 5.60. The second-order valence-electron chi connectivity index (χ2n) is 6.24. The van der Waals surface area contributed by atoms with Gasteiger partial charge in [0.25, 0.3) is 5.91 Å². The van der Waals surface area contributed by atoms with Gasteiger partial charge in [-0.05, 0) is 31.4 Å². The Kier molecular flexibility index (Phi) is 4.17. The second-order valence-corrected chi connectivity index (χ2v) is 7.27. The van der Waals surface area contributed by atoms with Crippen LogP contribution in [0.2, 0.25) is 0 Å². The minimum atomic E-state index is -0.466. The first-order valence-electron chi connectivity index (χ1n) is 8.32. The van der Waals surface area contributed by atoms with Crippen LogP contribution in [0.1, 0.15) is 25.7 Å². The Hall–Kier alpha value is -2.41. The van der Waals surface area contributed by atoms with Crippen molar-refractivity contribution < 1.29 is 19.1 Å². The number of carbonyl (C=O) groups excluding carboxylic acids is 2. The highest BCUT2D eigenvalue weighted by molar-refractivity contribution is 7.22. The van der Waals surface area contributed by atoms with Crippen molar-refractivity contribution in [3.05, 3.63) is 30.0 Å². The van der Waals surface area contributed by atoms with Crippen molar-refractivity contribution >= 4 is 38.4 Å². The molecule has 2 unspecified atom stereocenters. The summed E-state index contributed by atoms with van der Waals surface area (Å²) in [7, 11) is 1.58. The van der Waals surface area contributed by atoms with Crippen molar-refractivity contribution in [3.8, 4) is 5.75 Å². The molecule has 2 aromatic rings. The van der Waals surface area contributed by atoms with Gasteiger partial charge in [-0.15, -0.1) is 0 Å². The van der Waals surface area contributed by atoms with E-state index in [0.717, 1.165) is 30.4 Å². The molecular weight excluding hydrogens is 340 g/mol. The molecule has 1 aliphatic heterocycles. The Labute approximate surface area is 148 Å². The summed E-state index contributed by atoms with van der Waals surface area (Å²) in [6.07, 6.45) is 4.97. The molecule has 0 saturated heterocycles. The zero-order valence-electron chi connectivity index (χ0n) is 13.8. The lowest BCUT2D eigenvalue weighted by Crippen LogP contribution is -2.39. The third kappa shape index (κ3) is 2.89. The van der Waals surface area contributed by atoms with E-state index in [9.17, 15) is 9.59 Å². The number of nitrogens with one attached hydrogen (secondary N) is 1. The van der Waals surface area contributed by atoms with Crippen LogP contribution in [0, 0.1) is 5.92 Å². The van der Waals surface area contributed by atoms with Crippen molar-refractivity contribution in [2.45, 2.75) is 31.8 Å². The number of amides is 1. The van der Waals surface area contributed by atoms with Crippen LogP contribution in [0.15, 0.2) is 30.0 Å². The Balaban J connectivity index is 1.56. The Morgan fingerprint density at radius 1 is 1.36 bits per heavy atom. The monoisotopic (exact) mass is 358 g/mol. The van der Waals surface area contributed by atoms with Gasteiger partial charge in [0, 0.05) is 0 Å². The number of hydrogen-bond acceptors (Lipinski definition) is 6. The number of anilines is 1. The fourth-order valence-corrected chi connectivity index (χ4v) is 4.32. The highest BCUT2D eigenvalue weighted by atomic mass is 32.1. The fraction of sp³-hybridized carbons (Fsp3) is 0.389. The molecule has 1 aromatic heterocycles. The van der Waals surface area contributed by atoms with Gasteiger partial charge in [-0.1, -0.05) is 23.8 Å². The summed E-state index contributed by atoms with van der Waals surface area (Å²) in [6.45, 7) is 0. The van der Waals surface area contributed by atoms with Crippen LogP contribution in [0.3, 0.4) is 0 Å². The van der Waals surface area contributed by atoms with Crippen molar-refractivity contribution in [2.75, 3.05) is 12.4 Å². The van der Waals surface area contributed by atoms with E-state index in [2.05, 4.69) is 10.3 Å². The predicted molar refractivity (Wildman–Crippen MR) is 94.7 cm³/mol. The SMILES string of the molecule is COc1cccc2sc(NC(=O)C3=COC4CCCCC4C3=O)nc12. The normalized spacial score (nSPS) is 22.8. The number of ether oxygens (including phenoxy) is 2. The average Bonchev–Trinajstić information content (AvgIpc) is 3.04. The number of nitrogens with zero attached hydrogens (tertiary/aromatic N) is 1. The van der Waals surface area contributed by atoms with E-state index in [-0.39, 0.29) is 23.4 Å². The van der Waals surface area contributed by atoms with E-state index in [1.165, 1.54) is 17.6 Å². The molecule has 2 aliphatic rings. The Morgan fingerprint density at radius 2 is 2.20 bits per heavy atom. The lowest BCUT2D eigenvalue weighted by molar-refractivity contribution is -0.129. The quantitative estimate of drug-likeness (QED) is 0.852. The molecule has 130 valence electrons. The molecule has 4 rings (SSSR count). The van der Waals surface area contributed by atoms with E-state index in [1.54, 1.807) is 7.11 Å². The maximum absolute atomic E-state index is 12.6. The molecular formula is C18H18N2O4S. The minimum absolute atomic E-state index is 0.0781. The average molecular weight is 358 g/mol. The first kappa shape index (κ1) is 16.1.